The molecule has 1 amide bonds. The number of para-hydroxylation sites is 1. The van der Waals surface area contributed by atoms with Crippen molar-refractivity contribution in [3.8, 4) is 0 Å². The van der Waals surface area contributed by atoms with Crippen LogP contribution in [0.3, 0.4) is 0 Å². The Bertz CT molecular complexity index is 646. The normalized spacial score (nSPS) is 14.1. The minimum atomic E-state index is -0.0492. The molecule has 0 atom stereocenters. The van der Waals surface area contributed by atoms with Crippen molar-refractivity contribution in [1.29, 1.82) is 0 Å². The topological polar surface area (TPSA) is 58.4 Å². The van der Waals surface area contributed by atoms with Gasteiger partial charge in [-0.05, 0) is 48.7 Å². The van der Waals surface area contributed by atoms with Crippen LogP contribution in [0, 0.1) is 0 Å². The Hall–Kier alpha value is -2.49. The van der Waals surface area contributed by atoms with Gasteiger partial charge in [-0.1, -0.05) is 18.2 Å². The first-order valence-electron chi connectivity index (χ1n) is 7.70. The quantitative estimate of drug-likeness (QED) is 0.852. The van der Waals surface area contributed by atoms with Gasteiger partial charge in [-0.25, -0.2) is 0 Å². The Morgan fingerprint density at radius 1 is 1.05 bits per heavy atom. The lowest BCUT2D eigenvalue weighted by Crippen LogP contribution is -2.18. The number of anilines is 3. The van der Waals surface area contributed by atoms with Gasteiger partial charge in [0.1, 0.15) is 0 Å². The number of amides is 1. The molecule has 0 aliphatic carbocycles. The van der Waals surface area contributed by atoms with E-state index in [-0.39, 0.29) is 5.91 Å². The summed E-state index contributed by atoms with van der Waals surface area (Å²) >= 11 is 0. The van der Waals surface area contributed by atoms with Crippen LogP contribution in [0.25, 0.3) is 0 Å². The molecule has 3 rings (SSSR count). The molecular formula is C18H21N3O. The Labute approximate surface area is 130 Å². The highest BCUT2D eigenvalue weighted by Crippen LogP contribution is 2.22. The van der Waals surface area contributed by atoms with Crippen molar-refractivity contribution in [2.45, 2.75) is 19.3 Å². The molecule has 1 saturated heterocycles. The third-order valence-corrected chi connectivity index (χ3v) is 4.03. The molecule has 4 nitrogen and oxygen atoms in total. The molecule has 0 unspecified atom stereocenters. The Balaban J connectivity index is 1.60. The molecule has 22 heavy (non-hydrogen) atoms. The molecule has 1 aliphatic heterocycles. The Morgan fingerprint density at radius 2 is 1.73 bits per heavy atom. The van der Waals surface area contributed by atoms with Crippen LogP contribution in [0.15, 0.2) is 48.5 Å². The van der Waals surface area contributed by atoms with Crippen LogP contribution >= 0.6 is 0 Å². The second-order valence-electron chi connectivity index (χ2n) is 5.66. The number of carbonyl (C=O) groups excluding carboxylic acids is 1. The zero-order valence-electron chi connectivity index (χ0n) is 12.6. The van der Waals surface area contributed by atoms with Gasteiger partial charge in [-0.2, -0.15) is 0 Å². The van der Waals surface area contributed by atoms with E-state index < -0.39 is 0 Å². The second-order valence-corrected chi connectivity index (χ2v) is 5.66. The number of hydrogen-bond acceptors (Lipinski definition) is 3. The van der Waals surface area contributed by atoms with E-state index in [2.05, 4.69) is 22.3 Å². The SMILES string of the molecule is Nc1ccccc1CC(=O)Nc1ccc(N2CCCC2)cc1. The van der Waals surface area contributed by atoms with Crippen molar-refractivity contribution in [3.05, 3.63) is 54.1 Å². The summed E-state index contributed by atoms with van der Waals surface area (Å²) < 4.78 is 0. The minimum absolute atomic E-state index is 0.0492. The molecule has 4 heteroatoms. The average molecular weight is 295 g/mol. The molecule has 0 spiro atoms. The number of rotatable bonds is 4. The van der Waals surface area contributed by atoms with Crippen LogP contribution in [0.2, 0.25) is 0 Å². The molecule has 2 aromatic carbocycles. The number of carbonyl (C=O) groups is 1. The molecule has 1 aliphatic rings. The van der Waals surface area contributed by atoms with Gasteiger partial charge in [0.2, 0.25) is 5.91 Å². The summed E-state index contributed by atoms with van der Waals surface area (Å²) in [6.45, 7) is 2.25. The minimum Gasteiger partial charge on any atom is -0.398 e. The van der Waals surface area contributed by atoms with Crippen LogP contribution in [-0.4, -0.2) is 19.0 Å². The maximum absolute atomic E-state index is 12.1. The van der Waals surface area contributed by atoms with Crippen molar-refractivity contribution >= 4 is 23.0 Å². The lowest BCUT2D eigenvalue weighted by Gasteiger charge is -2.17. The summed E-state index contributed by atoms with van der Waals surface area (Å²) in [5, 5.41) is 2.92. The fourth-order valence-corrected chi connectivity index (χ4v) is 2.80. The van der Waals surface area contributed by atoms with Crippen molar-refractivity contribution in [1.82, 2.24) is 0 Å². The molecule has 3 N–H and O–H groups in total. The second kappa shape index (κ2) is 6.52. The smallest absolute Gasteiger partial charge is 0.228 e. The largest absolute Gasteiger partial charge is 0.398 e. The van der Waals surface area contributed by atoms with E-state index in [1.165, 1.54) is 18.5 Å². The number of nitrogen functional groups attached to an aromatic ring is 1. The molecule has 2 aromatic rings. The number of benzene rings is 2. The van der Waals surface area contributed by atoms with Crippen LogP contribution in [0.5, 0.6) is 0 Å². The summed E-state index contributed by atoms with van der Waals surface area (Å²) in [5.41, 5.74) is 9.42. The molecule has 0 saturated carbocycles. The summed E-state index contributed by atoms with van der Waals surface area (Å²) in [5.74, 6) is -0.0492. The average Bonchev–Trinajstić information content (AvgIpc) is 3.05. The van der Waals surface area contributed by atoms with Crippen molar-refractivity contribution in [3.63, 3.8) is 0 Å². The van der Waals surface area contributed by atoms with E-state index in [1.54, 1.807) is 0 Å². The summed E-state index contributed by atoms with van der Waals surface area (Å²) in [7, 11) is 0. The van der Waals surface area contributed by atoms with Crippen molar-refractivity contribution < 1.29 is 4.79 Å². The molecule has 1 fully saturated rings. The van der Waals surface area contributed by atoms with Gasteiger partial charge >= 0.3 is 0 Å². The van der Waals surface area contributed by atoms with Gasteiger partial charge in [-0.3, -0.25) is 4.79 Å². The van der Waals surface area contributed by atoms with Crippen LogP contribution in [0.1, 0.15) is 18.4 Å². The number of nitrogens with one attached hydrogen (secondary N) is 1. The van der Waals surface area contributed by atoms with Gasteiger partial charge in [0.15, 0.2) is 0 Å². The first kappa shape index (κ1) is 14.4. The zero-order chi connectivity index (χ0) is 15.4. The first-order chi connectivity index (χ1) is 10.7. The van der Waals surface area contributed by atoms with E-state index in [4.69, 9.17) is 5.73 Å². The van der Waals surface area contributed by atoms with Gasteiger partial charge in [-0.15, -0.1) is 0 Å². The predicted octanol–water partition coefficient (Wildman–Crippen LogP) is 3.05. The molecular weight excluding hydrogens is 274 g/mol. The lowest BCUT2D eigenvalue weighted by atomic mass is 10.1. The fraction of sp³-hybridized carbons (Fsp3) is 0.278. The predicted molar refractivity (Wildman–Crippen MR) is 91.1 cm³/mol. The number of nitrogens with two attached hydrogens (primary N) is 1. The van der Waals surface area contributed by atoms with E-state index in [0.717, 1.165) is 24.3 Å². The van der Waals surface area contributed by atoms with Gasteiger partial charge in [0, 0.05) is 30.2 Å². The molecule has 114 valence electrons. The van der Waals surface area contributed by atoms with Crippen molar-refractivity contribution in [2.24, 2.45) is 0 Å². The van der Waals surface area contributed by atoms with E-state index >= 15 is 0 Å². The highest BCUT2D eigenvalue weighted by atomic mass is 16.1. The number of nitrogens with zero attached hydrogens (tertiary/aromatic N) is 1. The van der Waals surface area contributed by atoms with Crippen LogP contribution < -0.4 is 16.0 Å². The summed E-state index contributed by atoms with van der Waals surface area (Å²) in [6.07, 6.45) is 2.81. The number of hydrogen-bond donors (Lipinski definition) is 2. The summed E-state index contributed by atoms with van der Waals surface area (Å²) in [6, 6.07) is 15.5. The van der Waals surface area contributed by atoms with Crippen LogP contribution in [0.4, 0.5) is 17.1 Å². The highest BCUT2D eigenvalue weighted by Gasteiger charge is 2.12. The lowest BCUT2D eigenvalue weighted by molar-refractivity contribution is -0.115. The Morgan fingerprint density at radius 3 is 2.41 bits per heavy atom. The molecule has 0 aromatic heterocycles. The fourth-order valence-electron chi connectivity index (χ4n) is 2.80. The maximum atomic E-state index is 12.1. The summed E-state index contributed by atoms with van der Waals surface area (Å²) in [4.78, 5) is 14.5. The zero-order valence-corrected chi connectivity index (χ0v) is 12.6. The van der Waals surface area contributed by atoms with Gasteiger partial charge < -0.3 is 16.0 Å². The highest BCUT2D eigenvalue weighted by molar-refractivity contribution is 5.93. The van der Waals surface area contributed by atoms with Gasteiger partial charge in [0.05, 0.1) is 6.42 Å². The van der Waals surface area contributed by atoms with Gasteiger partial charge in [0.25, 0.3) is 0 Å². The van der Waals surface area contributed by atoms with E-state index in [0.29, 0.717) is 12.1 Å². The van der Waals surface area contributed by atoms with E-state index in [1.807, 2.05) is 36.4 Å². The Kier molecular flexibility index (Phi) is 4.28. The van der Waals surface area contributed by atoms with E-state index in [9.17, 15) is 4.79 Å². The van der Waals surface area contributed by atoms with Crippen LogP contribution in [-0.2, 0) is 11.2 Å². The maximum Gasteiger partial charge on any atom is 0.228 e. The first-order valence-corrected chi connectivity index (χ1v) is 7.70. The monoisotopic (exact) mass is 295 g/mol. The third-order valence-electron chi connectivity index (χ3n) is 4.03. The molecule has 0 bridgehead atoms. The van der Waals surface area contributed by atoms with Crippen molar-refractivity contribution in [2.75, 3.05) is 29.0 Å². The standard InChI is InChI=1S/C18H21N3O/c19-17-6-2-1-5-14(17)13-18(22)20-15-7-9-16(10-8-15)21-11-3-4-12-21/h1-2,5-10H,3-4,11-13,19H2,(H,20,22). The molecule has 1 heterocycles. The molecule has 0 radical (unpaired) electrons. The third kappa shape index (κ3) is 3.39.